The molecule has 9 heteroatoms. The molecule has 1 saturated carbocycles. The van der Waals surface area contributed by atoms with E-state index in [1.807, 2.05) is 18.2 Å². The normalized spacial score (nSPS) is 22.5. The lowest BCUT2D eigenvalue weighted by Gasteiger charge is -2.29. The van der Waals surface area contributed by atoms with Crippen LogP contribution < -0.4 is 5.32 Å². The Kier molecular flexibility index (Phi) is 5.35. The maximum Gasteiger partial charge on any atom is 0.255 e. The number of benzene rings is 1. The number of carbonyl (C=O) groups is 3. The Labute approximate surface area is 214 Å². The van der Waals surface area contributed by atoms with Crippen LogP contribution in [0.5, 0.6) is 0 Å². The average molecular weight is 499 g/mol. The molecule has 3 aliphatic heterocycles. The van der Waals surface area contributed by atoms with Gasteiger partial charge in [-0.05, 0) is 80.9 Å². The van der Waals surface area contributed by atoms with Crippen molar-refractivity contribution in [2.75, 3.05) is 13.1 Å². The molecule has 0 radical (unpaired) electrons. The number of imide groups is 1. The summed E-state index contributed by atoms with van der Waals surface area (Å²) >= 11 is 0. The minimum atomic E-state index is -0.613. The summed E-state index contributed by atoms with van der Waals surface area (Å²) in [4.78, 5) is 46.2. The smallest absolute Gasteiger partial charge is 0.255 e. The van der Waals surface area contributed by atoms with E-state index in [1.165, 1.54) is 37.7 Å². The molecule has 1 aromatic carbocycles. The molecule has 0 bridgehead atoms. The summed E-state index contributed by atoms with van der Waals surface area (Å²) in [5.74, 6) is -0.828. The molecule has 1 unspecified atom stereocenters. The number of nitrogens with zero attached hydrogens (tertiary/aromatic N) is 5. The van der Waals surface area contributed by atoms with E-state index >= 15 is 0 Å². The zero-order chi connectivity index (χ0) is 25.1. The van der Waals surface area contributed by atoms with E-state index in [0.29, 0.717) is 24.6 Å². The highest BCUT2D eigenvalue weighted by atomic mass is 16.2. The van der Waals surface area contributed by atoms with Crippen molar-refractivity contribution in [3.8, 4) is 11.3 Å². The second-order valence-electron chi connectivity index (χ2n) is 10.9. The van der Waals surface area contributed by atoms with Crippen LogP contribution in [0.3, 0.4) is 0 Å². The van der Waals surface area contributed by atoms with Crippen LogP contribution in [0.4, 0.5) is 0 Å². The summed E-state index contributed by atoms with van der Waals surface area (Å²) in [7, 11) is 0. The number of likely N-dealkylation sites (tertiary alicyclic amines) is 1. The molecule has 1 atom stereocenters. The zero-order valence-electron chi connectivity index (χ0n) is 20.8. The number of aromatic nitrogens is 3. The molecular formula is C28H30N6O3. The van der Waals surface area contributed by atoms with E-state index in [1.54, 1.807) is 4.90 Å². The third-order valence-electron chi connectivity index (χ3n) is 8.46. The molecule has 9 nitrogen and oxygen atoms in total. The van der Waals surface area contributed by atoms with Crippen LogP contribution in [-0.2, 0) is 22.7 Å². The van der Waals surface area contributed by atoms with Crippen LogP contribution in [0.2, 0.25) is 0 Å². The van der Waals surface area contributed by atoms with Crippen molar-refractivity contribution in [2.24, 2.45) is 0 Å². The summed E-state index contributed by atoms with van der Waals surface area (Å²) in [6, 6.07) is 7.86. The molecule has 1 N–H and O–H groups in total. The van der Waals surface area contributed by atoms with Crippen LogP contribution in [0, 0.1) is 0 Å². The molecular weight excluding hydrogens is 468 g/mol. The SMILES string of the molecule is O=C1CCC(N2Cc3cc(-c4cc(CN5CCCC5)c5cn(C6CCC6)nc5n4)ccc3C2=O)C(=O)N1. The molecule has 3 fully saturated rings. The highest BCUT2D eigenvalue weighted by Gasteiger charge is 2.39. The van der Waals surface area contributed by atoms with Gasteiger partial charge in [-0.25, -0.2) is 4.98 Å². The van der Waals surface area contributed by atoms with Gasteiger partial charge in [0.1, 0.15) is 6.04 Å². The Bertz CT molecular complexity index is 1440. The van der Waals surface area contributed by atoms with Crippen LogP contribution in [0.15, 0.2) is 30.5 Å². The fourth-order valence-electron chi connectivity index (χ4n) is 6.11. The van der Waals surface area contributed by atoms with Crippen molar-refractivity contribution in [2.45, 2.75) is 70.1 Å². The molecule has 37 heavy (non-hydrogen) atoms. The van der Waals surface area contributed by atoms with Crippen molar-refractivity contribution < 1.29 is 14.4 Å². The predicted octanol–water partition coefficient (Wildman–Crippen LogP) is 3.18. The van der Waals surface area contributed by atoms with Gasteiger partial charge in [0, 0.05) is 42.2 Å². The molecule has 2 saturated heterocycles. The zero-order valence-corrected chi connectivity index (χ0v) is 20.8. The maximum atomic E-state index is 13.1. The quantitative estimate of drug-likeness (QED) is 0.543. The van der Waals surface area contributed by atoms with Gasteiger partial charge in [0.05, 0.1) is 11.7 Å². The lowest BCUT2D eigenvalue weighted by atomic mass is 9.93. The Morgan fingerprint density at radius 1 is 1.00 bits per heavy atom. The summed E-state index contributed by atoms with van der Waals surface area (Å²) < 4.78 is 2.11. The monoisotopic (exact) mass is 498 g/mol. The molecule has 3 aromatic rings. The summed E-state index contributed by atoms with van der Waals surface area (Å²) in [5.41, 5.74) is 5.32. The summed E-state index contributed by atoms with van der Waals surface area (Å²) in [6.07, 6.45) is 8.87. The molecule has 1 aliphatic carbocycles. The summed E-state index contributed by atoms with van der Waals surface area (Å²) in [6.45, 7) is 3.47. The van der Waals surface area contributed by atoms with Gasteiger partial charge in [-0.3, -0.25) is 29.3 Å². The Morgan fingerprint density at radius 2 is 1.84 bits per heavy atom. The first kappa shape index (κ1) is 22.6. The fraction of sp³-hybridized carbons (Fsp3) is 0.464. The minimum absolute atomic E-state index is 0.159. The minimum Gasteiger partial charge on any atom is -0.322 e. The molecule has 4 aliphatic rings. The number of hydrogen-bond acceptors (Lipinski definition) is 6. The third-order valence-corrected chi connectivity index (χ3v) is 8.46. The van der Waals surface area contributed by atoms with E-state index in [4.69, 9.17) is 10.1 Å². The lowest BCUT2D eigenvalue weighted by Crippen LogP contribution is -2.52. The van der Waals surface area contributed by atoms with E-state index in [-0.39, 0.29) is 18.2 Å². The largest absolute Gasteiger partial charge is 0.322 e. The van der Waals surface area contributed by atoms with Gasteiger partial charge < -0.3 is 4.90 Å². The fourth-order valence-corrected chi connectivity index (χ4v) is 6.11. The highest BCUT2D eigenvalue weighted by Crippen LogP contribution is 2.35. The number of rotatable bonds is 5. The predicted molar refractivity (Wildman–Crippen MR) is 136 cm³/mol. The van der Waals surface area contributed by atoms with E-state index in [2.05, 4.69) is 27.2 Å². The van der Waals surface area contributed by atoms with Gasteiger partial charge in [0.25, 0.3) is 5.91 Å². The lowest BCUT2D eigenvalue weighted by molar-refractivity contribution is -0.136. The van der Waals surface area contributed by atoms with Crippen LogP contribution in [0.25, 0.3) is 22.3 Å². The van der Waals surface area contributed by atoms with Gasteiger partial charge in [0.15, 0.2) is 5.65 Å². The van der Waals surface area contributed by atoms with Gasteiger partial charge in [0.2, 0.25) is 11.8 Å². The van der Waals surface area contributed by atoms with E-state index < -0.39 is 11.9 Å². The van der Waals surface area contributed by atoms with Crippen molar-refractivity contribution in [1.29, 1.82) is 0 Å². The number of pyridine rings is 1. The number of fused-ring (bicyclic) bond motifs is 2. The molecule has 7 rings (SSSR count). The Balaban J connectivity index is 1.23. The molecule has 3 amide bonds. The highest BCUT2D eigenvalue weighted by molar-refractivity contribution is 6.05. The van der Waals surface area contributed by atoms with Crippen LogP contribution in [-0.4, -0.2) is 61.4 Å². The first-order valence-electron chi connectivity index (χ1n) is 13.4. The van der Waals surface area contributed by atoms with Crippen molar-refractivity contribution >= 4 is 28.8 Å². The Hall–Kier alpha value is -3.59. The van der Waals surface area contributed by atoms with Crippen molar-refractivity contribution in [3.05, 3.63) is 47.2 Å². The molecule has 0 spiro atoms. The second-order valence-corrected chi connectivity index (χ2v) is 10.9. The molecule has 5 heterocycles. The van der Waals surface area contributed by atoms with Crippen LogP contribution in [0.1, 0.15) is 72.5 Å². The van der Waals surface area contributed by atoms with Gasteiger partial charge in [-0.2, -0.15) is 5.10 Å². The van der Waals surface area contributed by atoms with E-state index in [0.717, 1.165) is 47.5 Å². The first-order chi connectivity index (χ1) is 18.0. The standard InChI is InChI=1S/C28H30N6O3/c35-25-9-8-24(27(36)30-25)33-15-18-12-17(6-7-21(18)28(33)37)23-13-19(14-32-10-1-2-11-32)22-16-34(20-4-3-5-20)31-26(22)29-23/h6-7,12-13,16,20,24H,1-5,8-11,14-15H2,(H,30,35,36). The third kappa shape index (κ3) is 3.92. The van der Waals surface area contributed by atoms with Gasteiger partial charge >= 0.3 is 0 Å². The van der Waals surface area contributed by atoms with Crippen molar-refractivity contribution in [1.82, 2.24) is 29.9 Å². The Morgan fingerprint density at radius 3 is 2.59 bits per heavy atom. The first-order valence-corrected chi connectivity index (χ1v) is 13.4. The number of piperidine rings is 1. The van der Waals surface area contributed by atoms with Crippen LogP contribution >= 0.6 is 0 Å². The maximum absolute atomic E-state index is 13.1. The second kappa shape index (κ2) is 8.76. The van der Waals surface area contributed by atoms with Gasteiger partial charge in [-0.15, -0.1) is 0 Å². The summed E-state index contributed by atoms with van der Waals surface area (Å²) in [5, 5.41) is 8.38. The average Bonchev–Trinajstić information content (AvgIpc) is 3.57. The topological polar surface area (TPSA) is 100 Å². The van der Waals surface area contributed by atoms with E-state index in [9.17, 15) is 14.4 Å². The van der Waals surface area contributed by atoms with Crippen molar-refractivity contribution in [3.63, 3.8) is 0 Å². The number of amides is 3. The number of hydrogen-bond donors (Lipinski definition) is 1. The number of carbonyl (C=O) groups excluding carboxylic acids is 3. The molecule has 2 aromatic heterocycles. The van der Waals surface area contributed by atoms with Gasteiger partial charge in [-0.1, -0.05) is 6.07 Å². The number of nitrogens with one attached hydrogen (secondary N) is 1. The molecule has 190 valence electrons.